The van der Waals surface area contributed by atoms with Crippen LogP contribution in [0.5, 0.6) is 0 Å². The van der Waals surface area contributed by atoms with Gasteiger partial charge in [0.2, 0.25) is 0 Å². The topological polar surface area (TPSA) is 29.1 Å². The molecule has 1 rings (SSSR count). The minimum atomic E-state index is -0.00176. The second-order valence-corrected chi connectivity index (χ2v) is 3.28. The van der Waals surface area contributed by atoms with Crippen molar-refractivity contribution in [2.75, 3.05) is 7.05 Å². The van der Waals surface area contributed by atoms with Crippen LogP contribution in [0.3, 0.4) is 0 Å². The van der Waals surface area contributed by atoms with Gasteiger partial charge in [-0.15, -0.1) is 11.3 Å². The Morgan fingerprint density at radius 2 is 2.00 bits per heavy atom. The lowest BCUT2D eigenvalue weighted by Crippen LogP contribution is -2.15. The summed E-state index contributed by atoms with van der Waals surface area (Å²) in [5, 5.41) is 2.57. The largest absolute Gasteiger partial charge is 0.354 e. The summed E-state index contributed by atoms with van der Waals surface area (Å²) in [6, 6.07) is 3.77. The predicted molar refractivity (Wildman–Crippen MR) is 53.8 cm³/mol. The van der Waals surface area contributed by atoms with E-state index in [0.29, 0.717) is 0 Å². The zero-order valence-electron chi connectivity index (χ0n) is 7.97. The van der Waals surface area contributed by atoms with Crippen LogP contribution in [0.15, 0.2) is 12.1 Å². The molecule has 0 saturated heterocycles. The van der Waals surface area contributed by atoms with E-state index < -0.39 is 0 Å². The highest BCUT2D eigenvalue weighted by Gasteiger charge is 2.03. The Balaban J connectivity index is 0.000000561. The molecule has 2 nitrogen and oxygen atoms in total. The van der Waals surface area contributed by atoms with Crippen LogP contribution in [0.1, 0.15) is 28.4 Å². The highest BCUT2D eigenvalue weighted by atomic mass is 32.1. The van der Waals surface area contributed by atoms with Gasteiger partial charge in [0, 0.05) is 11.9 Å². The van der Waals surface area contributed by atoms with Crippen molar-refractivity contribution in [2.45, 2.75) is 20.8 Å². The second-order valence-electron chi connectivity index (χ2n) is 1.99. The van der Waals surface area contributed by atoms with E-state index in [2.05, 4.69) is 5.32 Å². The molecule has 0 radical (unpaired) electrons. The second kappa shape index (κ2) is 5.77. The Bertz CT molecular complexity index is 242. The molecular formula is C9H15NOS. The molecule has 68 valence electrons. The van der Waals surface area contributed by atoms with Gasteiger partial charge in [-0.3, -0.25) is 4.79 Å². The minimum Gasteiger partial charge on any atom is -0.354 e. The van der Waals surface area contributed by atoms with Crippen molar-refractivity contribution < 1.29 is 4.79 Å². The van der Waals surface area contributed by atoms with Crippen LogP contribution in [-0.2, 0) is 0 Å². The van der Waals surface area contributed by atoms with E-state index in [4.69, 9.17) is 0 Å². The number of hydrogen-bond donors (Lipinski definition) is 1. The Kier molecular flexibility index (Phi) is 5.37. The summed E-state index contributed by atoms with van der Waals surface area (Å²) in [6.07, 6.45) is 0. The quantitative estimate of drug-likeness (QED) is 0.715. The van der Waals surface area contributed by atoms with Gasteiger partial charge in [-0.1, -0.05) is 13.8 Å². The minimum absolute atomic E-state index is 0.00176. The van der Waals surface area contributed by atoms with Gasteiger partial charge in [0.05, 0.1) is 4.88 Å². The average molecular weight is 185 g/mol. The van der Waals surface area contributed by atoms with E-state index in [-0.39, 0.29) is 5.91 Å². The van der Waals surface area contributed by atoms with Gasteiger partial charge >= 0.3 is 0 Å². The van der Waals surface area contributed by atoms with Gasteiger partial charge in [-0.25, -0.2) is 0 Å². The number of nitrogens with one attached hydrogen (secondary N) is 1. The summed E-state index contributed by atoms with van der Waals surface area (Å²) in [6.45, 7) is 5.98. The zero-order valence-corrected chi connectivity index (χ0v) is 8.79. The zero-order chi connectivity index (χ0) is 9.56. The number of carbonyl (C=O) groups excluding carboxylic acids is 1. The van der Waals surface area contributed by atoms with Gasteiger partial charge in [0.1, 0.15) is 0 Å². The molecule has 0 bridgehead atoms. The van der Waals surface area contributed by atoms with E-state index in [1.165, 1.54) is 16.2 Å². The van der Waals surface area contributed by atoms with Crippen LogP contribution in [0.25, 0.3) is 0 Å². The Hall–Kier alpha value is -0.830. The standard InChI is InChI=1S/C7H9NOS.C2H6/c1-5-3-4-6(10-5)7(9)8-2;1-2/h3-4H,1-2H3,(H,8,9);1-2H3. The molecule has 0 saturated carbocycles. The SMILES string of the molecule is CC.CNC(=O)c1ccc(C)s1. The van der Waals surface area contributed by atoms with Crippen molar-refractivity contribution in [1.29, 1.82) is 0 Å². The molecule has 0 unspecified atom stereocenters. The maximum absolute atomic E-state index is 10.9. The van der Waals surface area contributed by atoms with E-state index in [1.807, 2.05) is 32.9 Å². The smallest absolute Gasteiger partial charge is 0.261 e. The van der Waals surface area contributed by atoms with Crippen LogP contribution in [0, 0.1) is 6.92 Å². The maximum Gasteiger partial charge on any atom is 0.261 e. The average Bonchev–Trinajstić information content (AvgIpc) is 2.54. The Morgan fingerprint density at radius 1 is 1.42 bits per heavy atom. The van der Waals surface area contributed by atoms with Crippen LogP contribution in [0.4, 0.5) is 0 Å². The number of thiophene rings is 1. The number of rotatable bonds is 1. The molecule has 1 aromatic rings. The third-order valence-electron chi connectivity index (χ3n) is 1.19. The lowest BCUT2D eigenvalue weighted by molar-refractivity contribution is 0.0967. The molecule has 3 heteroatoms. The fourth-order valence-corrected chi connectivity index (χ4v) is 1.49. The predicted octanol–water partition coefficient (Wildman–Crippen LogP) is 2.44. The summed E-state index contributed by atoms with van der Waals surface area (Å²) in [5.74, 6) is -0.00176. The van der Waals surface area contributed by atoms with Crippen LogP contribution >= 0.6 is 11.3 Å². The molecule has 1 heterocycles. The summed E-state index contributed by atoms with van der Waals surface area (Å²) in [5.41, 5.74) is 0. The van der Waals surface area contributed by atoms with Crippen molar-refractivity contribution in [1.82, 2.24) is 5.32 Å². The van der Waals surface area contributed by atoms with Crippen LogP contribution in [-0.4, -0.2) is 13.0 Å². The highest BCUT2D eigenvalue weighted by molar-refractivity contribution is 7.13. The van der Waals surface area contributed by atoms with Gasteiger partial charge < -0.3 is 5.32 Å². The number of amides is 1. The summed E-state index contributed by atoms with van der Waals surface area (Å²) >= 11 is 1.51. The molecule has 0 aliphatic carbocycles. The van der Waals surface area contributed by atoms with Crippen molar-refractivity contribution in [3.8, 4) is 0 Å². The third kappa shape index (κ3) is 3.05. The lowest BCUT2D eigenvalue weighted by atomic mass is 10.4. The first-order valence-electron chi connectivity index (χ1n) is 4.02. The highest BCUT2D eigenvalue weighted by Crippen LogP contribution is 2.13. The molecule has 12 heavy (non-hydrogen) atoms. The van der Waals surface area contributed by atoms with Gasteiger partial charge in [0.15, 0.2) is 0 Å². The van der Waals surface area contributed by atoms with Gasteiger partial charge in [-0.2, -0.15) is 0 Å². The Morgan fingerprint density at radius 3 is 2.33 bits per heavy atom. The van der Waals surface area contributed by atoms with E-state index in [0.717, 1.165) is 4.88 Å². The first kappa shape index (κ1) is 11.2. The van der Waals surface area contributed by atoms with Crippen molar-refractivity contribution in [2.24, 2.45) is 0 Å². The van der Waals surface area contributed by atoms with E-state index >= 15 is 0 Å². The molecule has 0 aromatic carbocycles. The normalized spacial score (nSPS) is 8.33. The fraction of sp³-hybridized carbons (Fsp3) is 0.444. The first-order chi connectivity index (χ1) is 5.74. The molecule has 0 aliphatic heterocycles. The number of aryl methyl sites for hydroxylation is 1. The summed E-state index contributed by atoms with van der Waals surface area (Å²) in [4.78, 5) is 12.9. The molecular weight excluding hydrogens is 170 g/mol. The van der Waals surface area contributed by atoms with Crippen molar-refractivity contribution in [3.63, 3.8) is 0 Å². The van der Waals surface area contributed by atoms with Crippen molar-refractivity contribution in [3.05, 3.63) is 21.9 Å². The Labute approximate surface area is 77.6 Å². The van der Waals surface area contributed by atoms with Gasteiger partial charge in [0.25, 0.3) is 5.91 Å². The van der Waals surface area contributed by atoms with Gasteiger partial charge in [-0.05, 0) is 19.1 Å². The first-order valence-corrected chi connectivity index (χ1v) is 4.84. The summed E-state index contributed by atoms with van der Waals surface area (Å²) in [7, 11) is 1.64. The molecule has 1 aromatic heterocycles. The summed E-state index contributed by atoms with van der Waals surface area (Å²) < 4.78 is 0. The lowest BCUT2D eigenvalue weighted by Gasteiger charge is -1.91. The molecule has 0 aliphatic rings. The van der Waals surface area contributed by atoms with E-state index in [9.17, 15) is 4.79 Å². The molecule has 1 N–H and O–H groups in total. The fourth-order valence-electron chi connectivity index (χ4n) is 0.680. The van der Waals surface area contributed by atoms with Crippen molar-refractivity contribution >= 4 is 17.2 Å². The van der Waals surface area contributed by atoms with E-state index in [1.54, 1.807) is 7.05 Å². The monoisotopic (exact) mass is 185 g/mol. The third-order valence-corrected chi connectivity index (χ3v) is 2.19. The molecule has 0 fully saturated rings. The molecule has 0 spiro atoms. The maximum atomic E-state index is 10.9. The number of carbonyl (C=O) groups is 1. The van der Waals surface area contributed by atoms with Crippen LogP contribution in [0.2, 0.25) is 0 Å². The van der Waals surface area contributed by atoms with Crippen LogP contribution < -0.4 is 5.32 Å². The molecule has 1 amide bonds. The number of hydrogen-bond acceptors (Lipinski definition) is 2. The molecule has 0 atom stereocenters.